The highest BCUT2D eigenvalue weighted by atomic mass is 127. The van der Waals surface area contributed by atoms with Gasteiger partial charge in [0.15, 0.2) is 23.3 Å². The summed E-state index contributed by atoms with van der Waals surface area (Å²) in [5, 5.41) is 4.34. The normalized spacial score (nSPS) is 12.1. The molecule has 1 unspecified atom stereocenters. The third-order valence-electron chi connectivity index (χ3n) is 13.4. The molecule has 0 N–H and O–H groups in total. The Balaban J connectivity index is 1.15. The van der Waals surface area contributed by atoms with E-state index in [2.05, 4.69) is 200 Å². The van der Waals surface area contributed by atoms with E-state index in [-0.39, 0.29) is 0 Å². The molecule has 0 aliphatic heterocycles. The Morgan fingerprint density at radius 1 is 0.500 bits per heavy atom. The number of para-hydroxylation sites is 2. The van der Waals surface area contributed by atoms with Gasteiger partial charge in [-0.3, -0.25) is 0 Å². The molecule has 0 aliphatic carbocycles. The van der Waals surface area contributed by atoms with Crippen LogP contribution in [-0.4, -0.2) is 29.5 Å². The molecule has 0 amide bonds. The number of fused-ring (bicyclic) bond motifs is 7. The number of hydrogen-bond donors (Lipinski definition) is 0. The van der Waals surface area contributed by atoms with Gasteiger partial charge in [-0.1, -0.05) is 129 Å². The van der Waals surface area contributed by atoms with Crippen LogP contribution in [0.3, 0.4) is 0 Å². The van der Waals surface area contributed by atoms with Gasteiger partial charge in [0.25, 0.3) is 0 Å². The second-order valence-electron chi connectivity index (χ2n) is 18.4. The van der Waals surface area contributed by atoms with Crippen LogP contribution in [0.25, 0.3) is 117 Å². The van der Waals surface area contributed by atoms with E-state index in [0.29, 0.717) is 29.2 Å². The van der Waals surface area contributed by atoms with Gasteiger partial charge in [-0.2, -0.15) is 0 Å². The molecular formula is C62H47IN6O. The quantitative estimate of drug-likeness (QED) is 0.127. The van der Waals surface area contributed by atoms with E-state index in [0.717, 1.165) is 116 Å². The number of furan rings is 1. The number of nitrogens with zero attached hydrogens (tertiary/aromatic N) is 6. The molecule has 8 heteroatoms. The van der Waals surface area contributed by atoms with Crippen molar-refractivity contribution in [3.05, 3.63) is 202 Å². The molecule has 12 rings (SSSR count). The molecule has 0 saturated carbocycles. The van der Waals surface area contributed by atoms with Gasteiger partial charge in [0.2, 0.25) is 0 Å². The third kappa shape index (κ3) is 7.92. The maximum absolute atomic E-state index is 6.74. The molecule has 4 heterocycles. The highest BCUT2D eigenvalue weighted by Crippen LogP contribution is 2.43. The molecule has 0 radical (unpaired) electrons. The summed E-state index contributed by atoms with van der Waals surface area (Å²) in [7, 11) is 0. The maximum Gasteiger partial charge on any atom is 0.164 e. The summed E-state index contributed by atoms with van der Waals surface area (Å²) in [4.78, 5) is 26.6. The molecule has 1 atom stereocenters. The van der Waals surface area contributed by atoms with E-state index in [1.165, 1.54) is 11.1 Å². The summed E-state index contributed by atoms with van der Waals surface area (Å²) < 4.78 is 10.2. The van der Waals surface area contributed by atoms with Crippen molar-refractivity contribution in [2.24, 2.45) is 0 Å². The van der Waals surface area contributed by atoms with E-state index in [9.17, 15) is 0 Å². The van der Waals surface area contributed by atoms with Crippen molar-refractivity contribution in [2.45, 2.75) is 46.5 Å². The fourth-order valence-corrected chi connectivity index (χ4v) is 10.9. The lowest BCUT2D eigenvalue weighted by atomic mass is 9.93. The van der Waals surface area contributed by atoms with Gasteiger partial charge in [0, 0.05) is 53.1 Å². The van der Waals surface area contributed by atoms with E-state index in [1.807, 2.05) is 36.4 Å². The number of aromatic nitrogens is 6. The van der Waals surface area contributed by atoms with E-state index >= 15 is 0 Å². The molecule has 0 aliphatic rings. The van der Waals surface area contributed by atoms with Crippen LogP contribution in [0, 0.1) is 17.4 Å². The van der Waals surface area contributed by atoms with Crippen molar-refractivity contribution in [2.75, 3.05) is 0 Å². The minimum Gasteiger partial charge on any atom is -0.455 e. The molecule has 4 aromatic heterocycles. The average Bonchev–Trinajstić information content (AvgIpc) is 3.94. The van der Waals surface area contributed by atoms with Gasteiger partial charge >= 0.3 is 0 Å². The first kappa shape index (κ1) is 43.5. The lowest BCUT2D eigenvalue weighted by Crippen LogP contribution is -2.04. The number of hydrogen-bond acceptors (Lipinski definition) is 6. The molecule has 0 bridgehead atoms. The second kappa shape index (κ2) is 17.9. The topological polar surface area (TPSA) is 82.5 Å². The van der Waals surface area contributed by atoms with E-state index < -0.39 is 0 Å². The lowest BCUT2D eigenvalue weighted by molar-refractivity contribution is 0.664. The Kier molecular flexibility index (Phi) is 11.1. The highest BCUT2D eigenvalue weighted by Gasteiger charge is 2.24. The summed E-state index contributed by atoms with van der Waals surface area (Å²) in [5.74, 6) is 2.85. The molecular weight excluding hydrogens is 972 g/mol. The largest absolute Gasteiger partial charge is 0.455 e. The van der Waals surface area contributed by atoms with Crippen molar-refractivity contribution in [1.29, 1.82) is 0 Å². The first-order valence-corrected chi connectivity index (χ1v) is 25.0. The number of aryl methyl sites for hydroxylation is 2. The predicted molar refractivity (Wildman–Crippen MR) is 295 cm³/mol. The number of rotatable bonds is 10. The molecule has 8 aromatic carbocycles. The molecule has 0 spiro atoms. The lowest BCUT2D eigenvalue weighted by Gasteiger charge is -2.17. The Morgan fingerprint density at radius 3 is 1.87 bits per heavy atom. The summed E-state index contributed by atoms with van der Waals surface area (Å²) in [5.41, 5.74) is 15.5. The van der Waals surface area contributed by atoms with Crippen LogP contribution in [0.1, 0.15) is 49.3 Å². The zero-order valence-corrected chi connectivity index (χ0v) is 41.4. The van der Waals surface area contributed by atoms with Crippen LogP contribution in [0.4, 0.5) is 0 Å². The first-order valence-electron chi connectivity index (χ1n) is 23.9. The van der Waals surface area contributed by atoms with Crippen LogP contribution >= 0.6 is 22.6 Å². The van der Waals surface area contributed by atoms with Crippen LogP contribution in [-0.2, 0) is 0 Å². The van der Waals surface area contributed by atoms with Gasteiger partial charge in [0.05, 0.1) is 33.5 Å². The van der Waals surface area contributed by atoms with Gasteiger partial charge in [-0.15, -0.1) is 0 Å². The van der Waals surface area contributed by atoms with Crippen molar-refractivity contribution in [3.8, 4) is 73.8 Å². The minimum absolute atomic E-state index is 0.399. The molecule has 338 valence electrons. The smallest absolute Gasteiger partial charge is 0.164 e. The van der Waals surface area contributed by atoms with Crippen molar-refractivity contribution in [1.82, 2.24) is 29.5 Å². The van der Waals surface area contributed by atoms with Crippen LogP contribution in [0.2, 0.25) is 0 Å². The van der Waals surface area contributed by atoms with Crippen LogP contribution in [0.15, 0.2) is 186 Å². The number of benzene rings is 8. The molecule has 12 aromatic rings. The monoisotopic (exact) mass is 1020 g/mol. The Bertz CT molecular complexity index is 3890. The standard InChI is InChI=1S/C62H47IN6O/c1-5-16-39(4)43-29-37(2)30-44(33-43)61-66-60(67-62(68-61)45-31-38(3)32-46(63)34-45)42-25-27-54(50(35-42)52-36-51(40-17-8-6-9-18-40)64-59(65-52)41-19-10-7-11-20-41)69-53-23-14-12-22-49(53)57-55(69)28-26-48-47-21-13-15-24-56(47)70-58(48)57/h6-15,17-36,39H,5,16H2,1-4H3. The fraction of sp³-hybridized carbons (Fsp3) is 0.113. The zero-order chi connectivity index (χ0) is 47.5. The Labute approximate surface area is 420 Å². The van der Waals surface area contributed by atoms with Gasteiger partial charge in [0.1, 0.15) is 11.2 Å². The van der Waals surface area contributed by atoms with Gasteiger partial charge < -0.3 is 8.98 Å². The van der Waals surface area contributed by atoms with Crippen LogP contribution < -0.4 is 0 Å². The minimum atomic E-state index is 0.399. The first-order chi connectivity index (χ1) is 34.3. The average molecular weight is 1020 g/mol. The van der Waals surface area contributed by atoms with Crippen molar-refractivity contribution in [3.63, 3.8) is 0 Å². The van der Waals surface area contributed by atoms with E-state index in [1.54, 1.807) is 0 Å². The van der Waals surface area contributed by atoms with Gasteiger partial charge in [-0.05, 0) is 139 Å². The third-order valence-corrected chi connectivity index (χ3v) is 14.0. The molecule has 0 saturated heterocycles. The van der Waals surface area contributed by atoms with Crippen molar-refractivity contribution < 1.29 is 4.42 Å². The molecule has 7 nitrogen and oxygen atoms in total. The SMILES string of the molecule is CCCC(C)c1cc(C)cc(-c2nc(-c3cc(C)cc(I)c3)nc(-c3ccc(-n4c5ccccc5c5c6oc7ccccc7c6ccc54)c(-c4cc(-c5ccccc5)nc(-c5ccccc5)n4)c3)n2)c1. The van der Waals surface area contributed by atoms with E-state index in [4.69, 9.17) is 29.3 Å². The summed E-state index contributed by atoms with van der Waals surface area (Å²) in [6, 6.07) is 63.7. The zero-order valence-electron chi connectivity index (χ0n) is 39.3. The maximum atomic E-state index is 6.74. The van der Waals surface area contributed by atoms with Gasteiger partial charge in [-0.25, -0.2) is 24.9 Å². The Hall–Kier alpha value is -7.82. The summed E-state index contributed by atoms with van der Waals surface area (Å²) in [6.45, 7) is 8.82. The van der Waals surface area contributed by atoms with Crippen molar-refractivity contribution >= 4 is 66.3 Å². The fourth-order valence-electron chi connectivity index (χ4n) is 10.1. The second-order valence-corrected chi connectivity index (χ2v) is 19.6. The molecule has 0 fully saturated rings. The summed E-state index contributed by atoms with van der Waals surface area (Å²) >= 11 is 2.38. The van der Waals surface area contributed by atoms with Crippen LogP contribution in [0.5, 0.6) is 0 Å². The number of halogens is 1. The highest BCUT2D eigenvalue weighted by molar-refractivity contribution is 14.1. The molecule has 70 heavy (non-hydrogen) atoms. The predicted octanol–water partition coefficient (Wildman–Crippen LogP) is 16.8. The summed E-state index contributed by atoms with van der Waals surface area (Å²) in [6.07, 6.45) is 2.21. The Morgan fingerprint density at radius 2 is 1.13 bits per heavy atom.